The van der Waals surface area contributed by atoms with Gasteiger partial charge in [-0.05, 0) is 33.6 Å². The predicted octanol–water partition coefficient (Wildman–Crippen LogP) is 2.71. The lowest BCUT2D eigenvalue weighted by Gasteiger charge is -2.33. The number of esters is 1. The number of hydrogen-bond donors (Lipinski definition) is 0. The summed E-state index contributed by atoms with van der Waals surface area (Å²) < 4.78 is 10.5. The zero-order chi connectivity index (χ0) is 17.7. The lowest BCUT2D eigenvalue weighted by atomic mass is 9.79. The molecule has 0 aromatic heterocycles. The van der Waals surface area contributed by atoms with Gasteiger partial charge in [-0.15, -0.1) is 0 Å². The number of hydrogen-bond acceptors (Lipinski definition) is 5. The van der Waals surface area contributed by atoms with Gasteiger partial charge >= 0.3 is 12.1 Å². The zero-order valence-corrected chi connectivity index (χ0v) is 14.5. The van der Waals surface area contributed by atoms with E-state index < -0.39 is 23.1 Å². The van der Waals surface area contributed by atoms with E-state index >= 15 is 0 Å². The van der Waals surface area contributed by atoms with Crippen molar-refractivity contribution in [2.24, 2.45) is 5.41 Å². The summed E-state index contributed by atoms with van der Waals surface area (Å²) in [4.78, 5) is 38.8. The standard InChI is InChI=1S/C17H27NO5/c1-6-11-22-14(20)17(7-2)12-18(10-8-9-13(17)19)15(21)23-16(3,4)5/h6H,1,7-12H2,2-5H3. The van der Waals surface area contributed by atoms with Crippen LogP contribution in [0.4, 0.5) is 4.79 Å². The summed E-state index contributed by atoms with van der Waals surface area (Å²) in [6.07, 6.45) is 1.97. The lowest BCUT2D eigenvalue weighted by molar-refractivity contribution is -0.160. The van der Waals surface area contributed by atoms with E-state index in [-0.39, 0.29) is 31.8 Å². The summed E-state index contributed by atoms with van der Waals surface area (Å²) in [5.41, 5.74) is -1.96. The second kappa shape index (κ2) is 7.62. The molecule has 0 spiro atoms. The summed E-state index contributed by atoms with van der Waals surface area (Å²) in [6.45, 7) is 11.0. The molecule has 0 N–H and O–H groups in total. The van der Waals surface area contributed by atoms with Crippen LogP contribution in [0, 0.1) is 5.41 Å². The number of nitrogens with zero attached hydrogens (tertiary/aromatic N) is 1. The Kier molecular flexibility index (Phi) is 6.36. The summed E-state index contributed by atoms with van der Waals surface area (Å²) in [5.74, 6) is -0.777. The van der Waals surface area contributed by atoms with Gasteiger partial charge < -0.3 is 14.4 Å². The van der Waals surface area contributed by atoms with Gasteiger partial charge in [-0.1, -0.05) is 19.6 Å². The Labute approximate surface area is 137 Å². The van der Waals surface area contributed by atoms with E-state index in [0.29, 0.717) is 13.0 Å². The van der Waals surface area contributed by atoms with E-state index in [2.05, 4.69) is 6.58 Å². The number of rotatable bonds is 4. The van der Waals surface area contributed by atoms with Crippen LogP contribution < -0.4 is 0 Å². The molecule has 0 aromatic rings. The molecular formula is C17H27NO5. The Morgan fingerprint density at radius 3 is 2.57 bits per heavy atom. The summed E-state index contributed by atoms with van der Waals surface area (Å²) in [6, 6.07) is 0. The molecule has 1 aliphatic heterocycles. The Morgan fingerprint density at radius 2 is 2.04 bits per heavy atom. The fraction of sp³-hybridized carbons (Fsp3) is 0.706. The molecule has 0 bridgehead atoms. The van der Waals surface area contributed by atoms with Gasteiger partial charge in [0.25, 0.3) is 0 Å². The second-order valence-electron chi connectivity index (χ2n) is 6.75. The molecule has 1 heterocycles. The van der Waals surface area contributed by atoms with Crippen LogP contribution >= 0.6 is 0 Å². The van der Waals surface area contributed by atoms with Crippen LogP contribution in [0.3, 0.4) is 0 Å². The molecule has 1 saturated heterocycles. The number of carbonyl (C=O) groups is 3. The van der Waals surface area contributed by atoms with E-state index in [1.807, 2.05) is 0 Å². The number of carbonyl (C=O) groups excluding carboxylic acids is 3. The van der Waals surface area contributed by atoms with Crippen LogP contribution in [0.5, 0.6) is 0 Å². The minimum Gasteiger partial charge on any atom is -0.461 e. The zero-order valence-electron chi connectivity index (χ0n) is 14.5. The molecule has 1 atom stereocenters. The lowest BCUT2D eigenvalue weighted by Crippen LogP contribution is -2.49. The molecule has 1 amide bonds. The van der Waals surface area contributed by atoms with Gasteiger partial charge in [0.05, 0.1) is 0 Å². The number of amides is 1. The van der Waals surface area contributed by atoms with Gasteiger partial charge in [-0.25, -0.2) is 4.79 Å². The number of Topliss-reactive ketones (excluding diaryl/α,β-unsaturated/α-hetero) is 1. The first-order valence-electron chi connectivity index (χ1n) is 7.95. The monoisotopic (exact) mass is 325 g/mol. The molecule has 6 nitrogen and oxygen atoms in total. The predicted molar refractivity (Wildman–Crippen MR) is 85.9 cm³/mol. The maximum absolute atomic E-state index is 12.5. The van der Waals surface area contributed by atoms with Crippen molar-refractivity contribution < 1.29 is 23.9 Å². The normalized spacial score (nSPS) is 22.3. The first-order valence-corrected chi connectivity index (χ1v) is 7.95. The van der Waals surface area contributed by atoms with E-state index in [4.69, 9.17) is 9.47 Å². The number of ether oxygens (including phenoxy) is 2. The van der Waals surface area contributed by atoms with Crippen LogP contribution in [0.1, 0.15) is 47.0 Å². The largest absolute Gasteiger partial charge is 0.461 e. The third-order valence-corrected chi connectivity index (χ3v) is 3.80. The fourth-order valence-corrected chi connectivity index (χ4v) is 2.55. The molecule has 23 heavy (non-hydrogen) atoms. The van der Waals surface area contributed by atoms with Gasteiger partial charge in [-0.3, -0.25) is 9.59 Å². The molecule has 1 fully saturated rings. The molecular weight excluding hydrogens is 298 g/mol. The number of ketones is 1. The Morgan fingerprint density at radius 1 is 1.39 bits per heavy atom. The van der Waals surface area contributed by atoms with Gasteiger partial charge in [0.2, 0.25) is 0 Å². The summed E-state index contributed by atoms with van der Waals surface area (Å²) in [7, 11) is 0. The highest BCUT2D eigenvalue weighted by Crippen LogP contribution is 2.32. The highest BCUT2D eigenvalue weighted by atomic mass is 16.6. The maximum Gasteiger partial charge on any atom is 0.410 e. The molecule has 1 unspecified atom stereocenters. The van der Waals surface area contributed by atoms with Crippen LogP contribution in [0.25, 0.3) is 0 Å². The molecule has 0 saturated carbocycles. The van der Waals surface area contributed by atoms with Crippen molar-refractivity contribution in [3.8, 4) is 0 Å². The Balaban J connectivity index is 3.02. The van der Waals surface area contributed by atoms with Crippen LogP contribution in [0.2, 0.25) is 0 Å². The minimum absolute atomic E-state index is 0.00672. The highest BCUT2D eigenvalue weighted by Gasteiger charge is 2.49. The molecule has 6 heteroatoms. The summed E-state index contributed by atoms with van der Waals surface area (Å²) in [5, 5.41) is 0. The van der Waals surface area contributed by atoms with Crippen molar-refractivity contribution in [1.82, 2.24) is 4.90 Å². The summed E-state index contributed by atoms with van der Waals surface area (Å²) >= 11 is 0. The first-order chi connectivity index (χ1) is 10.7. The molecule has 1 rings (SSSR count). The molecule has 0 radical (unpaired) electrons. The quantitative estimate of drug-likeness (QED) is 0.451. The van der Waals surface area contributed by atoms with Gasteiger partial charge in [-0.2, -0.15) is 0 Å². The fourth-order valence-electron chi connectivity index (χ4n) is 2.55. The van der Waals surface area contributed by atoms with Crippen molar-refractivity contribution in [2.45, 2.75) is 52.6 Å². The van der Waals surface area contributed by atoms with Gasteiger partial charge in [0, 0.05) is 19.5 Å². The van der Waals surface area contributed by atoms with Crippen molar-refractivity contribution >= 4 is 17.8 Å². The van der Waals surface area contributed by atoms with Crippen molar-refractivity contribution in [2.75, 3.05) is 19.7 Å². The van der Waals surface area contributed by atoms with E-state index in [1.165, 1.54) is 11.0 Å². The Hall–Kier alpha value is -1.85. The van der Waals surface area contributed by atoms with Crippen LogP contribution in [-0.2, 0) is 19.1 Å². The van der Waals surface area contributed by atoms with Crippen LogP contribution in [-0.4, -0.2) is 48.0 Å². The van der Waals surface area contributed by atoms with Gasteiger partial charge in [0.15, 0.2) is 5.78 Å². The smallest absolute Gasteiger partial charge is 0.410 e. The van der Waals surface area contributed by atoms with Gasteiger partial charge in [0.1, 0.15) is 17.6 Å². The average Bonchev–Trinajstić information content (AvgIpc) is 2.63. The highest BCUT2D eigenvalue weighted by molar-refractivity contribution is 6.04. The van der Waals surface area contributed by atoms with Crippen LogP contribution in [0.15, 0.2) is 12.7 Å². The maximum atomic E-state index is 12.5. The van der Waals surface area contributed by atoms with E-state index in [9.17, 15) is 14.4 Å². The molecule has 1 aliphatic rings. The molecule has 0 aliphatic carbocycles. The third-order valence-electron chi connectivity index (χ3n) is 3.80. The average molecular weight is 325 g/mol. The van der Waals surface area contributed by atoms with Crippen molar-refractivity contribution in [3.05, 3.63) is 12.7 Å². The van der Waals surface area contributed by atoms with E-state index in [1.54, 1.807) is 27.7 Å². The van der Waals surface area contributed by atoms with E-state index in [0.717, 1.165) is 0 Å². The number of likely N-dealkylation sites (tertiary alicyclic amines) is 1. The second-order valence-corrected chi connectivity index (χ2v) is 6.75. The molecule has 0 aromatic carbocycles. The Bertz CT molecular complexity index is 480. The minimum atomic E-state index is -1.32. The van der Waals surface area contributed by atoms with Crippen molar-refractivity contribution in [1.29, 1.82) is 0 Å². The third kappa shape index (κ3) is 4.81. The topological polar surface area (TPSA) is 72.9 Å². The SMILES string of the molecule is C=CCOC(=O)C1(CC)CN(C(=O)OC(C)(C)C)CCCC1=O. The van der Waals surface area contributed by atoms with Crippen molar-refractivity contribution in [3.63, 3.8) is 0 Å². The first kappa shape index (κ1) is 19.2. The molecule has 130 valence electrons.